The van der Waals surface area contributed by atoms with Gasteiger partial charge in [0, 0.05) is 6.54 Å². The van der Waals surface area contributed by atoms with Crippen LogP contribution in [-0.4, -0.2) is 33.5 Å². The highest BCUT2D eigenvalue weighted by Gasteiger charge is 2.20. The van der Waals surface area contributed by atoms with E-state index in [4.69, 9.17) is 32.7 Å². The standard InChI is InChI=1S/C22H22Cl2N4O3S/c1-4-12-28-21(14(2)31-16-10-8-15(30-3)9-11-16)26-27-22(28)32-13-19(29)25-18-7-5-6-17(23)20(18)24/h4-11,14H,1,12-13H2,2-3H3,(H,25,29). The molecule has 0 fully saturated rings. The Balaban J connectivity index is 1.67. The molecule has 1 N–H and O–H groups in total. The number of halogens is 2. The van der Waals surface area contributed by atoms with Crippen molar-refractivity contribution in [2.24, 2.45) is 0 Å². The minimum Gasteiger partial charge on any atom is -0.497 e. The third-order valence-corrected chi connectivity index (χ3v) is 6.14. The summed E-state index contributed by atoms with van der Waals surface area (Å²) in [6.07, 6.45) is 1.37. The summed E-state index contributed by atoms with van der Waals surface area (Å²) in [5.41, 5.74) is 0.458. The molecule has 0 radical (unpaired) electrons. The van der Waals surface area contributed by atoms with Crippen LogP contribution in [0.2, 0.25) is 10.0 Å². The Morgan fingerprint density at radius 3 is 2.62 bits per heavy atom. The Bertz CT molecular complexity index is 1090. The van der Waals surface area contributed by atoms with Crippen LogP contribution in [0, 0.1) is 0 Å². The van der Waals surface area contributed by atoms with E-state index < -0.39 is 0 Å². The summed E-state index contributed by atoms with van der Waals surface area (Å²) in [7, 11) is 1.61. The molecule has 2 aromatic carbocycles. The van der Waals surface area contributed by atoms with Gasteiger partial charge in [-0.3, -0.25) is 9.36 Å². The van der Waals surface area contributed by atoms with Crippen LogP contribution in [0.5, 0.6) is 11.5 Å². The normalized spacial score (nSPS) is 11.6. The van der Waals surface area contributed by atoms with Gasteiger partial charge in [0.05, 0.1) is 28.6 Å². The van der Waals surface area contributed by atoms with E-state index >= 15 is 0 Å². The number of methoxy groups -OCH3 is 1. The molecule has 7 nitrogen and oxygen atoms in total. The monoisotopic (exact) mass is 492 g/mol. The molecule has 0 aliphatic heterocycles. The number of amides is 1. The van der Waals surface area contributed by atoms with E-state index in [9.17, 15) is 4.79 Å². The summed E-state index contributed by atoms with van der Waals surface area (Å²) in [6, 6.07) is 12.4. The number of rotatable bonds is 10. The molecule has 1 amide bonds. The Hall–Kier alpha value is -2.68. The fraction of sp³-hybridized carbons (Fsp3) is 0.227. The molecule has 168 valence electrons. The van der Waals surface area contributed by atoms with Crippen molar-refractivity contribution in [2.75, 3.05) is 18.2 Å². The summed E-state index contributed by atoms with van der Waals surface area (Å²) < 4.78 is 13.0. The molecule has 1 unspecified atom stereocenters. The van der Waals surface area contributed by atoms with Crippen LogP contribution >= 0.6 is 35.0 Å². The highest BCUT2D eigenvalue weighted by atomic mass is 35.5. The van der Waals surface area contributed by atoms with Crippen LogP contribution in [-0.2, 0) is 11.3 Å². The van der Waals surface area contributed by atoms with Crippen LogP contribution in [0.25, 0.3) is 0 Å². The van der Waals surface area contributed by atoms with Gasteiger partial charge in [-0.15, -0.1) is 16.8 Å². The molecule has 3 rings (SSSR count). The van der Waals surface area contributed by atoms with Gasteiger partial charge in [0.2, 0.25) is 5.91 Å². The molecule has 1 atom stereocenters. The van der Waals surface area contributed by atoms with Gasteiger partial charge in [-0.2, -0.15) is 0 Å². The van der Waals surface area contributed by atoms with Crippen LogP contribution in [0.3, 0.4) is 0 Å². The van der Waals surface area contributed by atoms with Gasteiger partial charge in [-0.05, 0) is 43.3 Å². The van der Waals surface area contributed by atoms with E-state index in [1.54, 1.807) is 31.4 Å². The Kier molecular flexibility index (Phi) is 8.44. The van der Waals surface area contributed by atoms with Crippen molar-refractivity contribution in [1.29, 1.82) is 0 Å². The maximum absolute atomic E-state index is 12.4. The zero-order chi connectivity index (χ0) is 23.1. The number of thioether (sulfide) groups is 1. The second kappa shape index (κ2) is 11.3. The molecular formula is C22H22Cl2N4O3S. The van der Waals surface area contributed by atoms with Gasteiger partial charge in [0.1, 0.15) is 11.5 Å². The number of anilines is 1. The smallest absolute Gasteiger partial charge is 0.234 e. The van der Waals surface area contributed by atoms with Gasteiger partial charge < -0.3 is 14.8 Å². The zero-order valence-corrected chi connectivity index (χ0v) is 19.9. The number of hydrogen-bond donors (Lipinski definition) is 1. The molecule has 0 aliphatic rings. The summed E-state index contributed by atoms with van der Waals surface area (Å²) in [5.74, 6) is 1.93. The van der Waals surface area contributed by atoms with E-state index in [1.165, 1.54) is 11.8 Å². The molecule has 32 heavy (non-hydrogen) atoms. The largest absolute Gasteiger partial charge is 0.497 e. The zero-order valence-electron chi connectivity index (χ0n) is 17.5. The van der Waals surface area contributed by atoms with Crippen molar-refractivity contribution in [1.82, 2.24) is 14.8 Å². The quantitative estimate of drug-likeness (QED) is 0.291. The van der Waals surface area contributed by atoms with E-state index in [2.05, 4.69) is 22.1 Å². The van der Waals surface area contributed by atoms with Gasteiger partial charge in [0.25, 0.3) is 0 Å². The third-order valence-electron chi connectivity index (χ3n) is 4.35. The molecule has 0 aliphatic carbocycles. The average molecular weight is 493 g/mol. The minimum absolute atomic E-state index is 0.117. The first kappa shape index (κ1) is 24.0. The number of hydrogen-bond acceptors (Lipinski definition) is 6. The highest BCUT2D eigenvalue weighted by Crippen LogP contribution is 2.30. The predicted octanol–water partition coefficient (Wildman–Crippen LogP) is 5.65. The third kappa shape index (κ3) is 5.97. The summed E-state index contributed by atoms with van der Waals surface area (Å²) in [5, 5.41) is 12.5. The molecule has 0 spiro atoms. The van der Waals surface area contributed by atoms with Crippen LogP contribution in [0.15, 0.2) is 60.3 Å². The van der Waals surface area contributed by atoms with E-state index in [0.717, 1.165) is 5.75 Å². The Morgan fingerprint density at radius 1 is 1.22 bits per heavy atom. The summed E-state index contributed by atoms with van der Waals surface area (Å²) in [4.78, 5) is 12.4. The molecule has 0 bridgehead atoms. The number of nitrogens with zero attached hydrogens (tertiary/aromatic N) is 3. The summed E-state index contributed by atoms with van der Waals surface area (Å²) >= 11 is 13.4. The number of benzene rings is 2. The molecule has 1 aromatic heterocycles. The van der Waals surface area contributed by atoms with Crippen molar-refractivity contribution in [3.05, 3.63) is 71.0 Å². The van der Waals surface area contributed by atoms with Gasteiger partial charge in [0.15, 0.2) is 17.1 Å². The van der Waals surface area contributed by atoms with Gasteiger partial charge in [-0.25, -0.2) is 0 Å². The fourth-order valence-electron chi connectivity index (χ4n) is 2.84. The molecule has 1 heterocycles. The SMILES string of the molecule is C=CCn1c(SCC(=O)Nc2cccc(Cl)c2Cl)nnc1C(C)Oc1ccc(OC)cc1. The number of carbonyl (C=O) groups excluding carboxylic acids is 1. The lowest BCUT2D eigenvalue weighted by molar-refractivity contribution is -0.113. The molecular weight excluding hydrogens is 471 g/mol. The lowest BCUT2D eigenvalue weighted by atomic mass is 10.3. The van der Waals surface area contributed by atoms with Gasteiger partial charge >= 0.3 is 0 Å². The number of aromatic nitrogens is 3. The maximum atomic E-state index is 12.4. The number of carbonyl (C=O) groups is 1. The first-order chi connectivity index (χ1) is 15.4. The first-order valence-corrected chi connectivity index (χ1v) is 11.4. The Morgan fingerprint density at radius 2 is 1.94 bits per heavy atom. The second-order valence-corrected chi connectivity index (χ2v) is 8.34. The fourth-order valence-corrected chi connectivity index (χ4v) is 3.94. The molecule has 3 aromatic rings. The van der Waals surface area contributed by atoms with E-state index in [0.29, 0.717) is 39.0 Å². The predicted molar refractivity (Wildman–Crippen MR) is 128 cm³/mol. The number of nitrogens with one attached hydrogen (secondary N) is 1. The highest BCUT2D eigenvalue weighted by molar-refractivity contribution is 7.99. The minimum atomic E-state index is -0.371. The van der Waals surface area contributed by atoms with Crippen LogP contribution < -0.4 is 14.8 Å². The number of ether oxygens (including phenoxy) is 2. The maximum Gasteiger partial charge on any atom is 0.234 e. The van der Waals surface area contributed by atoms with E-state index in [1.807, 2.05) is 35.8 Å². The Labute approximate surface area is 200 Å². The van der Waals surface area contributed by atoms with Gasteiger partial charge in [-0.1, -0.05) is 47.1 Å². The van der Waals surface area contributed by atoms with E-state index in [-0.39, 0.29) is 17.8 Å². The van der Waals surface area contributed by atoms with Crippen molar-refractivity contribution in [3.8, 4) is 11.5 Å². The van der Waals surface area contributed by atoms with Crippen LogP contribution in [0.4, 0.5) is 5.69 Å². The van der Waals surface area contributed by atoms with Crippen molar-refractivity contribution in [2.45, 2.75) is 24.7 Å². The molecule has 10 heteroatoms. The number of allylic oxidation sites excluding steroid dienone is 1. The second-order valence-electron chi connectivity index (χ2n) is 6.61. The lowest BCUT2D eigenvalue weighted by Gasteiger charge is -2.16. The first-order valence-electron chi connectivity index (χ1n) is 9.64. The molecule has 0 saturated carbocycles. The lowest BCUT2D eigenvalue weighted by Crippen LogP contribution is -2.16. The van der Waals surface area contributed by atoms with Crippen LogP contribution in [0.1, 0.15) is 18.9 Å². The average Bonchev–Trinajstić information content (AvgIpc) is 3.19. The van der Waals surface area contributed by atoms with Crippen molar-refractivity contribution in [3.63, 3.8) is 0 Å². The topological polar surface area (TPSA) is 78.3 Å². The summed E-state index contributed by atoms with van der Waals surface area (Å²) in [6.45, 7) is 6.16. The van der Waals surface area contributed by atoms with Crippen molar-refractivity contribution < 1.29 is 14.3 Å². The molecule has 0 saturated heterocycles. The van der Waals surface area contributed by atoms with Crippen molar-refractivity contribution >= 4 is 46.6 Å².